The summed E-state index contributed by atoms with van der Waals surface area (Å²) in [5.41, 5.74) is 6.25. The smallest absolute Gasteiger partial charge is 0.246 e. The van der Waals surface area contributed by atoms with Crippen LogP contribution in [0, 0.1) is 5.92 Å². The quantitative estimate of drug-likeness (QED) is 0.657. The van der Waals surface area contributed by atoms with E-state index in [0.717, 1.165) is 34.6 Å². The first kappa shape index (κ1) is 14.1. The number of benzene rings is 2. The Morgan fingerprint density at radius 1 is 1.19 bits per heavy atom. The van der Waals surface area contributed by atoms with Gasteiger partial charge in [0, 0.05) is 16.5 Å². The van der Waals surface area contributed by atoms with Crippen molar-refractivity contribution in [2.75, 3.05) is 0 Å². The fourth-order valence-corrected chi connectivity index (χ4v) is 3.18. The molecule has 4 heteroatoms. The van der Waals surface area contributed by atoms with Gasteiger partial charge < -0.3 is 0 Å². The van der Waals surface area contributed by atoms with Crippen LogP contribution in [-0.4, -0.2) is 11.1 Å². The molecule has 2 aromatic carbocycles. The Bertz CT molecular complexity index is 684. The van der Waals surface area contributed by atoms with Gasteiger partial charge in [-0.2, -0.15) is 0 Å². The number of rotatable bonds is 2. The lowest BCUT2D eigenvalue weighted by molar-refractivity contribution is -0.133. The number of halogens is 1. The monoisotopic (exact) mass is 301 g/mol. The molecule has 1 amide bonds. The van der Waals surface area contributed by atoms with Crippen LogP contribution in [-0.2, 0) is 17.6 Å². The number of carbonyl (C=O) groups is 1. The number of carbonyl (C=O) groups excluding carboxylic acids is 1. The van der Waals surface area contributed by atoms with Gasteiger partial charge >= 0.3 is 0 Å². The Balaban J connectivity index is 1.95. The largest absolute Gasteiger partial charge is 0.289 e. The van der Waals surface area contributed by atoms with Crippen molar-refractivity contribution >= 4 is 17.5 Å². The van der Waals surface area contributed by atoms with E-state index in [1.54, 1.807) is 5.48 Å². The van der Waals surface area contributed by atoms with E-state index < -0.39 is 0 Å². The maximum Gasteiger partial charge on any atom is 0.246 e. The van der Waals surface area contributed by atoms with Gasteiger partial charge in [0.2, 0.25) is 5.91 Å². The summed E-state index contributed by atoms with van der Waals surface area (Å²) in [5.74, 6) is -0.465. The van der Waals surface area contributed by atoms with Gasteiger partial charge in [-0.1, -0.05) is 48.0 Å². The van der Waals surface area contributed by atoms with E-state index in [1.165, 1.54) is 5.56 Å². The summed E-state index contributed by atoms with van der Waals surface area (Å²) in [6, 6.07) is 14.0. The Labute approximate surface area is 128 Å². The molecule has 0 fully saturated rings. The number of nitrogens with one attached hydrogen (secondary N) is 1. The third kappa shape index (κ3) is 2.80. The van der Waals surface area contributed by atoms with Crippen molar-refractivity contribution in [3.8, 4) is 11.1 Å². The lowest BCUT2D eigenvalue weighted by Crippen LogP contribution is -2.31. The Kier molecular flexibility index (Phi) is 3.95. The van der Waals surface area contributed by atoms with E-state index in [9.17, 15) is 4.79 Å². The minimum atomic E-state index is -0.302. The Hall–Kier alpha value is -1.84. The fourth-order valence-electron chi connectivity index (χ4n) is 2.94. The maximum absolute atomic E-state index is 11.6. The molecule has 1 aliphatic rings. The van der Waals surface area contributed by atoms with Gasteiger partial charge in [-0.05, 0) is 42.0 Å². The van der Waals surface area contributed by atoms with Crippen molar-refractivity contribution in [1.29, 1.82) is 0 Å². The number of aryl methyl sites for hydroxylation is 1. The predicted molar refractivity (Wildman–Crippen MR) is 82.3 cm³/mol. The van der Waals surface area contributed by atoms with Gasteiger partial charge in [-0.3, -0.25) is 10.0 Å². The lowest BCUT2D eigenvalue weighted by Gasteiger charge is -2.23. The van der Waals surface area contributed by atoms with Crippen molar-refractivity contribution in [2.24, 2.45) is 5.92 Å². The molecule has 1 aliphatic carbocycles. The first-order valence-corrected chi connectivity index (χ1v) is 7.37. The molecule has 2 N–H and O–H groups in total. The number of fused-ring (bicyclic) bond motifs is 1. The second kappa shape index (κ2) is 5.88. The highest BCUT2D eigenvalue weighted by molar-refractivity contribution is 6.33. The van der Waals surface area contributed by atoms with Crippen molar-refractivity contribution in [1.82, 2.24) is 5.48 Å². The third-order valence-corrected chi connectivity index (χ3v) is 4.43. The zero-order valence-corrected chi connectivity index (χ0v) is 12.2. The molecule has 0 spiro atoms. The molecule has 0 aromatic heterocycles. The van der Waals surface area contributed by atoms with Gasteiger partial charge in [0.15, 0.2) is 0 Å². The van der Waals surface area contributed by atoms with Crippen LogP contribution < -0.4 is 5.48 Å². The number of hydrogen-bond donors (Lipinski definition) is 2. The van der Waals surface area contributed by atoms with Crippen LogP contribution in [0.5, 0.6) is 0 Å². The van der Waals surface area contributed by atoms with Crippen LogP contribution in [0.25, 0.3) is 11.1 Å². The highest BCUT2D eigenvalue weighted by Crippen LogP contribution is 2.32. The summed E-state index contributed by atoms with van der Waals surface area (Å²) in [6.07, 6.45) is 2.28. The molecule has 0 saturated carbocycles. The molecule has 0 aliphatic heterocycles. The molecule has 21 heavy (non-hydrogen) atoms. The SMILES string of the molecule is O=C(NO)C1CCc2ccc(-c3ccccc3Cl)cc2C1. The summed E-state index contributed by atoms with van der Waals surface area (Å²) < 4.78 is 0. The van der Waals surface area contributed by atoms with Crippen molar-refractivity contribution in [3.05, 3.63) is 58.6 Å². The molecule has 3 rings (SSSR count). The van der Waals surface area contributed by atoms with Gasteiger partial charge in [0.05, 0.1) is 0 Å². The molecular weight excluding hydrogens is 286 g/mol. The predicted octanol–water partition coefficient (Wildman–Crippen LogP) is 3.62. The first-order chi connectivity index (χ1) is 10.2. The van der Waals surface area contributed by atoms with Crippen LogP contribution in [0.1, 0.15) is 17.5 Å². The van der Waals surface area contributed by atoms with Crippen molar-refractivity contribution in [3.63, 3.8) is 0 Å². The second-order valence-corrected chi connectivity index (χ2v) is 5.79. The van der Waals surface area contributed by atoms with Crippen LogP contribution in [0.15, 0.2) is 42.5 Å². The first-order valence-electron chi connectivity index (χ1n) is 6.99. The van der Waals surface area contributed by atoms with E-state index in [1.807, 2.05) is 24.3 Å². The summed E-state index contributed by atoms with van der Waals surface area (Å²) in [4.78, 5) is 11.6. The standard InChI is InChI=1S/C17H16ClNO2/c18-16-4-2-1-3-15(16)12-7-5-11-6-8-13(17(20)19-21)10-14(11)9-12/h1-5,7,9,13,21H,6,8,10H2,(H,19,20). The molecule has 0 heterocycles. The minimum absolute atomic E-state index is 0.163. The van der Waals surface area contributed by atoms with Crippen molar-refractivity contribution in [2.45, 2.75) is 19.3 Å². The summed E-state index contributed by atoms with van der Waals surface area (Å²) in [5, 5.41) is 9.51. The second-order valence-electron chi connectivity index (χ2n) is 5.38. The van der Waals surface area contributed by atoms with Gasteiger partial charge in [-0.25, -0.2) is 5.48 Å². The summed E-state index contributed by atoms with van der Waals surface area (Å²) >= 11 is 6.25. The van der Waals surface area contributed by atoms with Crippen molar-refractivity contribution < 1.29 is 10.0 Å². The topological polar surface area (TPSA) is 49.3 Å². The van der Waals surface area contributed by atoms with Crippen LogP contribution >= 0.6 is 11.6 Å². The average molecular weight is 302 g/mol. The van der Waals surface area contributed by atoms with Gasteiger partial charge in [0.25, 0.3) is 0 Å². The Morgan fingerprint density at radius 3 is 2.76 bits per heavy atom. The molecule has 0 saturated heterocycles. The molecule has 3 nitrogen and oxygen atoms in total. The average Bonchev–Trinajstić information content (AvgIpc) is 2.53. The molecule has 1 atom stereocenters. The zero-order valence-electron chi connectivity index (χ0n) is 11.5. The van der Waals surface area contributed by atoms with Crippen LogP contribution in [0.4, 0.5) is 0 Å². The summed E-state index contributed by atoms with van der Waals surface area (Å²) in [7, 11) is 0. The number of hydrogen-bond acceptors (Lipinski definition) is 2. The fraction of sp³-hybridized carbons (Fsp3) is 0.235. The number of amides is 1. The van der Waals surface area contributed by atoms with Gasteiger partial charge in [0.1, 0.15) is 0 Å². The van der Waals surface area contributed by atoms with E-state index in [-0.39, 0.29) is 11.8 Å². The van der Waals surface area contributed by atoms with Gasteiger partial charge in [-0.15, -0.1) is 0 Å². The van der Waals surface area contributed by atoms with E-state index >= 15 is 0 Å². The molecule has 2 aromatic rings. The van der Waals surface area contributed by atoms with E-state index in [0.29, 0.717) is 6.42 Å². The zero-order chi connectivity index (χ0) is 14.8. The van der Waals surface area contributed by atoms with E-state index in [4.69, 9.17) is 16.8 Å². The molecule has 0 bridgehead atoms. The normalized spacial score (nSPS) is 17.1. The van der Waals surface area contributed by atoms with Crippen LogP contribution in [0.2, 0.25) is 5.02 Å². The summed E-state index contributed by atoms with van der Waals surface area (Å²) in [6.45, 7) is 0. The highest BCUT2D eigenvalue weighted by Gasteiger charge is 2.24. The van der Waals surface area contributed by atoms with E-state index in [2.05, 4.69) is 18.2 Å². The maximum atomic E-state index is 11.6. The molecule has 1 unspecified atom stereocenters. The molecular formula is C17H16ClNO2. The molecule has 108 valence electrons. The molecule has 0 radical (unpaired) electrons. The number of hydroxylamine groups is 1. The minimum Gasteiger partial charge on any atom is -0.289 e. The van der Waals surface area contributed by atoms with Crippen LogP contribution in [0.3, 0.4) is 0 Å². The highest BCUT2D eigenvalue weighted by atomic mass is 35.5. The lowest BCUT2D eigenvalue weighted by atomic mass is 9.82. The third-order valence-electron chi connectivity index (χ3n) is 4.10. The Morgan fingerprint density at radius 2 is 2.00 bits per heavy atom.